The fourth-order valence-electron chi connectivity index (χ4n) is 3.00. The van der Waals surface area contributed by atoms with E-state index in [1.165, 1.54) is 26.2 Å². The Labute approximate surface area is 261 Å². The first-order valence-corrected chi connectivity index (χ1v) is 15.7. The molecule has 0 fully saturated rings. The third-order valence-corrected chi connectivity index (χ3v) is 6.75. The molecule has 0 atom stereocenters. The van der Waals surface area contributed by atoms with E-state index < -0.39 is 7.82 Å². The molecule has 0 bridgehead atoms. The average Bonchev–Trinajstić information content (AvgIpc) is 3.36. The number of hydrogen-bond donors (Lipinski definition) is 1. The van der Waals surface area contributed by atoms with Crippen molar-refractivity contribution in [1.29, 1.82) is 0 Å². The minimum atomic E-state index is -3.35. The highest BCUT2D eigenvalue weighted by molar-refractivity contribution is 7.48. The van der Waals surface area contributed by atoms with Gasteiger partial charge in [-0.3, -0.25) is 23.2 Å². The lowest BCUT2D eigenvalue weighted by Crippen LogP contribution is -2.14. The fourth-order valence-corrected chi connectivity index (χ4v) is 3.99. The molecule has 0 radical (unpaired) electrons. The fraction of sp³-hybridized carbons (Fsp3) is 0.452. The Kier molecular flexibility index (Phi) is 20.9. The van der Waals surface area contributed by atoms with E-state index in [0.29, 0.717) is 30.2 Å². The van der Waals surface area contributed by atoms with Gasteiger partial charge >= 0.3 is 7.82 Å². The molecule has 2 aromatic carbocycles. The molecule has 0 aliphatic rings. The number of rotatable bonds is 12. The summed E-state index contributed by atoms with van der Waals surface area (Å²) in [4.78, 5) is 24.7. The first kappa shape index (κ1) is 40.0. The Morgan fingerprint density at radius 2 is 1.60 bits per heavy atom. The van der Waals surface area contributed by atoms with Crippen molar-refractivity contribution < 1.29 is 32.5 Å². The number of phosphoric ester groups is 1. The molecule has 240 valence electrons. The average molecular weight is 640 g/mol. The molecule has 12 heteroatoms. The van der Waals surface area contributed by atoms with Crippen LogP contribution in [-0.2, 0) is 30.0 Å². The summed E-state index contributed by atoms with van der Waals surface area (Å²) in [6.45, 7) is 12.9. The van der Waals surface area contributed by atoms with Crippen LogP contribution in [0.2, 0.25) is 5.02 Å². The second kappa shape index (κ2) is 22.5. The van der Waals surface area contributed by atoms with E-state index in [9.17, 15) is 14.2 Å². The van der Waals surface area contributed by atoms with Gasteiger partial charge < -0.3 is 14.6 Å². The van der Waals surface area contributed by atoms with Crippen molar-refractivity contribution >= 4 is 32.1 Å². The maximum Gasteiger partial charge on any atom is 0.474 e. The van der Waals surface area contributed by atoms with Crippen LogP contribution in [-0.4, -0.2) is 55.7 Å². The summed E-state index contributed by atoms with van der Waals surface area (Å²) in [6, 6.07) is 13.9. The number of aromatic nitrogens is 2. The van der Waals surface area contributed by atoms with Gasteiger partial charge in [0, 0.05) is 39.6 Å². The number of hydrogen-bond acceptors (Lipinski definition) is 8. The number of nitrogens with zero attached hydrogens (tertiary/aromatic N) is 2. The molecular weight excluding hydrogens is 593 g/mol. The maximum atomic E-state index is 11.2. The van der Waals surface area contributed by atoms with Crippen molar-refractivity contribution in [3.63, 3.8) is 0 Å². The third kappa shape index (κ3) is 17.0. The van der Waals surface area contributed by atoms with Crippen LogP contribution in [0.15, 0.2) is 48.7 Å². The predicted octanol–water partition coefficient (Wildman–Crippen LogP) is 7.60. The number of benzene rings is 2. The monoisotopic (exact) mass is 639 g/mol. The molecule has 0 spiro atoms. The number of phosphoric acid groups is 1. The summed E-state index contributed by atoms with van der Waals surface area (Å²) < 4.78 is 32.3. The van der Waals surface area contributed by atoms with Gasteiger partial charge in [0.1, 0.15) is 5.75 Å². The molecule has 0 aliphatic heterocycles. The van der Waals surface area contributed by atoms with E-state index in [1.807, 2.05) is 83.4 Å². The molecule has 0 saturated carbocycles. The number of imidazole rings is 1. The van der Waals surface area contributed by atoms with E-state index in [1.54, 1.807) is 4.57 Å². The number of aldehydes is 1. The van der Waals surface area contributed by atoms with E-state index in [4.69, 9.17) is 20.9 Å². The van der Waals surface area contributed by atoms with E-state index in [0.717, 1.165) is 28.9 Å². The number of aryl methyl sites for hydroxylation is 3. The lowest BCUT2D eigenvalue weighted by molar-refractivity contribution is -0.109. The van der Waals surface area contributed by atoms with Crippen LogP contribution in [0.3, 0.4) is 0 Å². The van der Waals surface area contributed by atoms with E-state index >= 15 is 0 Å². The van der Waals surface area contributed by atoms with Crippen LogP contribution < -0.4 is 10.1 Å². The summed E-state index contributed by atoms with van der Waals surface area (Å²) in [5.74, 6) is 1.21. The molecule has 0 aliphatic carbocycles. The standard InChI is InChI=1S/C12H12N2O.C10H13ClO.C6H14NO5P.C3H8/c1-9-3-5-10(6-4-9)11-7-14(2)12(8-15)13-11;1-7(2)12-10-5-4-8(3)6-9(10)11;1-10-13(9,11-2)12-5-3-4-7-6-8;1-3-2/h3-8H,1-2H3;4-7H,1-3H3;6H,3-5H2,1-2H3,(H,7,8);3H2,1-2H3. The predicted molar refractivity (Wildman–Crippen MR) is 173 cm³/mol. The zero-order valence-electron chi connectivity index (χ0n) is 26.8. The number of carbonyl (C=O) groups excluding carboxylic acids is 2. The molecule has 0 saturated heterocycles. The normalized spacial score (nSPS) is 10.3. The summed E-state index contributed by atoms with van der Waals surface area (Å²) in [5.41, 5.74) is 4.23. The molecule has 10 nitrogen and oxygen atoms in total. The number of halogens is 1. The van der Waals surface area contributed by atoms with Crippen LogP contribution in [0.4, 0.5) is 0 Å². The zero-order chi connectivity index (χ0) is 32.8. The van der Waals surface area contributed by atoms with Crippen LogP contribution >= 0.6 is 19.4 Å². The van der Waals surface area contributed by atoms with Crippen molar-refractivity contribution in [2.75, 3.05) is 27.4 Å². The Balaban J connectivity index is 0.000000592. The van der Waals surface area contributed by atoms with Crippen molar-refractivity contribution in [1.82, 2.24) is 14.9 Å². The van der Waals surface area contributed by atoms with Gasteiger partial charge in [-0.25, -0.2) is 9.55 Å². The van der Waals surface area contributed by atoms with Gasteiger partial charge in [-0.15, -0.1) is 0 Å². The second-order valence-corrected chi connectivity index (χ2v) is 11.7. The molecule has 1 amide bonds. The van der Waals surface area contributed by atoms with Crippen molar-refractivity contribution in [2.24, 2.45) is 7.05 Å². The van der Waals surface area contributed by atoms with Gasteiger partial charge in [0.2, 0.25) is 6.41 Å². The summed E-state index contributed by atoms with van der Waals surface area (Å²) in [5, 5.41) is 3.12. The molecule has 43 heavy (non-hydrogen) atoms. The first-order chi connectivity index (χ1) is 20.4. The molecule has 1 aromatic heterocycles. The van der Waals surface area contributed by atoms with Gasteiger partial charge in [0.05, 0.1) is 23.4 Å². The smallest absolute Gasteiger partial charge is 0.474 e. The topological polar surface area (TPSA) is 118 Å². The summed E-state index contributed by atoms with van der Waals surface area (Å²) in [7, 11) is 0.956. The van der Waals surface area contributed by atoms with Crippen LogP contribution in [0.25, 0.3) is 11.3 Å². The van der Waals surface area contributed by atoms with Crippen molar-refractivity contribution in [3.05, 3.63) is 70.6 Å². The highest BCUT2D eigenvalue weighted by Gasteiger charge is 2.21. The Hall–Kier alpha value is -3.01. The molecule has 1 N–H and O–H groups in total. The van der Waals surface area contributed by atoms with Gasteiger partial charge in [0.25, 0.3) is 0 Å². The largest absolute Gasteiger partial charge is 0.489 e. The van der Waals surface area contributed by atoms with Crippen molar-refractivity contribution in [2.45, 2.75) is 60.5 Å². The number of carbonyl (C=O) groups is 2. The molecular formula is C31H47ClN3O7P. The Morgan fingerprint density at radius 1 is 1.02 bits per heavy atom. The van der Waals surface area contributed by atoms with E-state index in [-0.39, 0.29) is 12.7 Å². The number of nitrogens with one attached hydrogen (secondary N) is 1. The van der Waals surface area contributed by atoms with Gasteiger partial charge in [-0.1, -0.05) is 67.8 Å². The maximum absolute atomic E-state index is 11.2. The molecule has 0 unspecified atom stereocenters. The zero-order valence-corrected chi connectivity index (χ0v) is 28.4. The lowest BCUT2D eigenvalue weighted by Gasteiger charge is -2.12. The minimum absolute atomic E-state index is 0.171. The highest BCUT2D eigenvalue weighted by Crippen LogP contribution is 2.47. The lowest BCUT2D eigenvalue weighted by atomic mass is 10.1. The summed E-state index contributed by atoms with van der Waals surface area (Å²) in [6.07, 6.45) is 5.18. The molecule has 3 rings (SSSR count). The SMILES string of the molecule is CCC.COP(=O)(OC)OCCCNC=O.Cc1ccc(-c2cn(C)c(C=O)n2)cc1.Cc1ccc(OC(C)C)c(Cl)c1. The van der Waals surface area contributed by atoms with Gasteiger partial charge in [-0.2, -0.15) is 0 Å². The third-order valence-electron chi connectivity index (χ3n) is 5.06. The Bertz CT molecular complexity index is 1240. The van der Waals surface area contributed by atoms with E-state index in [2.05, 4.69) is 33.2 Å². The van der Waals surface area contributed by atoms with Crippen molar-refractivity contribution in [3.8, 4) is 17.0 Å². The summed E-state index contributed by atoms with van der Waals surface area (Å²) >= 11 is 5.95. The highest BCUT2D eigenvalue weighted by atomic mass is 35.5. The van der Waals surface area contributed by atoms with Gasteiger partial charge in [-0.05, 0) is 51.8 Å². The second-order valence-electron chi connectivity index (χ2n) is 9.46. The minimum Gasteiger partial charge on any atom is -0.489 e. The quantitative estimate of drug-likeness (QED) is 0.122. The number of ether oxygens (including phenoxy) is 1. The van der Waals surface area contributed by atoms with Crippen LogP contribution in [0, 0.1) is 13.8 Å². The molecule has 3 aromatic rings. The molecule has 1 heterocycles. The van der Waals surface area contributed by atoms with Crippen LogP contribution in [0.5, 0.6) is 5.75 Å². The van der Waals surface area contributed by atoms with Crippen LogP contribution in [0.1, 0.15) is 62.3 Å². The Morgan fingerprint density at radius 3 is 2.07 bits per heavy atom. The number of amides is 1. The first-order valence-electron chi connectivity index (χ1n) is 13.9. The van der Waals surface area contributed by atoms with Gasteiger partial charge in [0.15, 0.2) is 12.1 Å².